The van der Waals surface area contributed by atoms with E-state index in [0.29, 0.717) is 12.1 Å². The second-order valence-corrected chi connectivity index (χ2v) is 5.71. The molecule has 0 atom stereocenters. The van der Waals surface area contributed by atoms with Gasteiger partial charge in [0, 0.05) is 11.3 Å². The molecule has 0 unspecified atom stereocenters. The molecule has 0 N–H and O–H groups in total. The predicted octanol–water partition coefficient (Wildman–Crippen LogP) is 3.47. The summed E-state index contributed by atoms with van der Waals surface area (Å²) in [6.45, 7) is 0. The van der Waals surface area contributed by atoms with Crippen LogP contribution in [0.2, 0.25) is 0 Å². The van der Waals surface area contributed by atoms with E-state index in [2.05, 4.69) is 20.9 Å². The molecule has 2 aromatic rings. The molecule has 0 aliphatic rings. The third-order valence-corrected chi connectivity index (χ3v) is 3.60. The molecule has 2 rings (SSSR count). The van der Waals surface area contributed by atoms with Gasteiger partial charge in [-0.2, -0.15) is 0 Å². The molecule has 82 valence electrons. The topological polar surface area (TPSA) is 30.0 Å². The monoisotopic (exact) mass is 299 g/mol. The van der Waals surface area contributed by atoms with Crippen LogP contribution >= 0.6 is 27.3 Å². The molecule has 0 saturated carbocycles. The summed E-state index contributed by atoms with van der Waals surface area (Å²) in [5.41, 5.74) is 0.297. The van der Waals surface area contributed by atoms with Crippen LogP contribution in [0.15, 0.2) is 34.2 Å². The van der Waals surface area contributed by atoms with Crippen LogP contribution < -0.4 is 0 Å². The molecule has 16 heavy (non-hydrogen) atoms. The fraction of sp³-hybridized carbons (Fsp3) is 0.0909. The summed E-state index contributed by atoms with van der Waals surface area (Å²) in [6.07, 6.45) is 1.35. The molecule has 0 spiro atoms. The van der Waals surface area contributed by atoms with Gasteiger partial charge in [-0.05, 0) is 40.2 Å². The zero-order valence-electron chi connectivity index (χ0n) is 8.11. The van der Waals surface area contributed by atoms with Crippen LogP contribution in [0, 0.1) is 5.82 Å². The Bertz CT molecular complexity index is 509. The van der Waals surface area contributed by atoms with Crippen molar-refractivity contribution in [3.63, 3.8) is 0 Å². The van der Waals surface area contributed by atoms with Crippen molar-refractivity contribution in [3.8, 4) is 0 Å². The van der Waals surface area contributed by atoms with Crippen LogP contribution in [0.4, 0.5) is 4.39 Å². The number of Topliss-reactive ketones (excluding diaryl/α,β-unsaturated/α-hetero) is 1. The fourth-order valence-electron chi connectivity index (χ4n) is 1.24. The third-order valence-electron chi connectivity index (χ3n) is 1.98. The van der Waals surface area contributed by atoms with Gasteiger partial charge in [0.25, 0.3) is 0 Å². The van der Waals surface area contributed by atoms with Gasteiger partial charge in [-0.25, -0.2) is 4.39 Å². The maximum Gasteiger partial charge on any atom is 0.186 e. The molecule has 2 aromatic heterocycles. The number of hydrogen-bond acceptors (Lipinski definition) is 3. The first-order valence-corrected chi connectivity index (χ1v) is 6.15. The van der Waals surface area contributed by atoms with Crippen molar-refractivity contribution < 1.29 is 9.18 Å². The molecule has 0 aliphatic carbocycles. The van der Waals surface area contributed by atoms with E-state index in [1.807, 2.05) is 12.1 Å². The van der Waals surface area contributed by atoms with Gasteiger partial charge in [0.2, 0.25) is 0 Å². The van der Waals surface area contributed by atoms with Crippen molar-refractivity contribution in [2.24, 2.45) is 0 Å². The number of aromatic nitrogens is 1. The SMILES string of the molecule is O=C(Cc1ccc(Br)s1)c1ccc(F)cn1. The van der Waals surface area contributed by atoms with Crippen molar-refractivity contribution >= 4 is 33.0 Å². The Kier molecular flexibility index (Phi) is 3.46. The van der Waals surface area contributed by atoms with Gasteiger partial charge in [0.1, 0.15) is 11.5 Å². The summed E-state index contributed by atoms with van der Waals surface area (Å²) in [4.78, 5) is 16.5. The van der Waals surface area contributed by atoms with Crippen LogP contribution in [0.5, 0.6) is 0 Å². The minimum absolute atomic E-state index is 0.102. The van der Waals surface area contributed by atoms with Crippen LogP contribution in [0.1, 0.15) is 15.4 Å². The van der Waals surface area contributed by atoms with E-state index in [4.69, 9.17) is 0 Å². The third kappa shape index (κ3) is 2.74. The minimum atomic E-state index is -0.435. The van der Waals surface area contributed by atoms with Crippen LogP contribution in [-0.4, -0.2) is 10.8 Å². The van der Waals surface area contributed by atoms with Crippen molar-refractivity contribution in [3.05, 3.63) is 50.6 Å². The summed E-state index contributed by atoms with van der Waals surface area (Å²) in [5, 5.41) is 0. The molecule has 5 heteroatoms. The molecule has 0 bridgehead atoms. The second-order valence-electron chi connectivity index (χ2n) is 3.17. The normalized spacial score (nSPS) is 10.4. The first kappa shape index (κ1) is 11.4. The summed E-state index contributed by atoms with van der Waals surface area (Å²) in [5.74, 6) is -0.537. The van der Waals surface area contributed by atoms with E-state index in [1.165, 1.54) is 23.5 Å². The van der Waals surface area contributed by atoms with E-state index in [0.717, 1.165) is 14.9 Å². The van der Waals surface area contributed by atoms with Gasteiger partial charge in [0.15, 0.2) is 5.78 Å². The molecule has 0 fully saturated rings. The van der Waals surface area contributed by atoms with Gasteiger partial charge in [-0.15, -0.1) is 11.3 Å². The molecule has 0 amide bonds. The van der Waals surface area contributed by atoms with E-state index in [9.17, 15) is 9.18 Å². The van der Waals surface area contributed by atoms with Gasteiger partial charge in [-0.3, -0.25) is 9.78 Å². The number of carbonyl (C=O) groups excluding carboxylic acids is 1. The molecular weight excluding hydrogens is 293 g/mol. The van der Waals surface area contributed by atoms with Crippen molar-refractivity contribution in [1.82, 2.24) is 4.98 Å². The Labute approximate surface area is 104 Å². The highest BCUT2D eigenvalue weighted by Gasteiger charge is 2.09. The van der Waals surface area contributed by atoms with E-state index in [-0.39, 0.29) is 5.78 Å². The van der Waals surface area contributed by atoms with Gasteiger partial charge in [-0.1, -0.05) is 0 Å². The predicted molar refractivity (Wildman–Crippen MR) is 64.2 cm³/mol. The smallest absolute Gasteiger partial charge is 0.186 e. The Morgan fingerprint density at radius 3 is 2.75 bits per heavy atom. The maximum atomic E-state index is 12.6. The van der Waals surface area contributed by atoms with Crippen LogP contribution in [0.25, 0.3) is 0 Å². The van der Waals surface area contributed by atoms with E-state index in [1.54, 1.807) is 0 Å². The standard InChI is InChI=1S/C11H7BrFNOS/c12-11-4-2-8(16-11)5-10(15)9-3-1-7(13)6-14-9/h1-4,6H,5H2. The molecule has 0 saturated heterocycles. The molecule has 2 heterocycles. The molecule has 0 radical (unpaired) electrons. The average molecular weight is 300 g/mol. The van der Waals surface area contributed by atoms with E-state index >= 15 is 0 Å². The number of halogens is 2. The summed E-state index contributed by atoms with van der Waals surface area (Å²) in [6, 6.07) is 6.42. The Morgan fingerprint density at radius 2 is 2.19 bits per heavy atom. The molecular formula is C11H7BrFNOS. The highest BCUT2D eigenvalue weighted by Crippen LogP contribution is 2.23. The van der Waals surface area contributed by atoms with Gasteiger partial charge in [0.05, 0.1) is 9.98 Å². The van der Waals surface area contributed by atoms with Gasteiger partial charge >= 0.3 is 0 Å². The lowest BCUT2D eigenvalue weighted by Gasteiger charge is -1.97. The second kappa shape index (κ2) is 4.84. The number of nitrogens with zero attached hydrogens (tertiary/aromatic N) is 1. The quantitative estimate of drug-likeness (QED) is 0.812. The summed E-state index contributed by atoms with van der Waals surface area (Å²) in [7, 11) is 0. The number of rotatable bonds is 3. The van der Waals surface area contributed by atoms with E-state index < -0.39 is 5.82 Å². The fourth-order valence-corrected chi connectivity index (χ4v) is 2.72. The lowest BCUT2D eigenvalue weighted by molar-refractivity contribution is 0.0989. The number of pyridine rings is 1. The lowest BCUT2D eigenvalue weighted by Crippen LogP contribution is -2.04. The minimum Gasteiger partial charge on any atom is -0.292 e. The van der Waals surface area contributed by atoms with Crippen LogP contribution in [0.3, 0.4) is 0 Å². The Balaban J connectivity index is 2.11. The summed E-state index contributed by atoms with van der Waals surface area (Å²) < 4.78 is 13.6. The first-order chi connectivity index (χ1) is 7.65. The van der Waals surface area contributed by atoms with Gasteiger partial charge < -0.3 is 0 Å². The summed E-state index contributed by atoms with van der Waals surface area (Å²) >= 11 is 4.84. The van der Waals surface area contributed by atoms with Crippen molar-refractivity contribution in [2.75, 3.05) is 0 Å². The highest BCUT2D eigenvalue weighted by atomic mass is 79.9. The molecule has 0 aliphatic heterocycles. The molecule has 2 nitrogen and oxygen atoms in total. The number of ketones is 1. The molecule has 0 aromatic carbocycles. The average Bonchev–Trinajstić information content (AvgIpc) is 2.65. The first-order valence-electron chi connectivity index (χ1n) is 4.54. The number of carbonyl (C=O) groups is 1. The zero-order valence-corrected chi connectivity index (χ0v) is 10.5. The zero-order chi connectivity index (χ0) is 11.5. The van der Waals surface area contributed by atoms with Crippen molar-refractivity contribution in [1.29, 1.82) is 0 Å². The van der Waals surface area contributed by atoms with Crippen molar-refractivity contribution in [2.45, 2.75) is 6.42 Å². The Morgan fingerprint density at radius 1 is 1.38 bits per heavy atom. The number of thiophene rings is 1. The maximum absolute atomic E-state index is 12.6. The largest absolute Gasteiger partial charge is 0.292 e. The van der Waals surface area contributed by atoms with Crippen LogP contribution in [-0.2, 0) is 6.42 Å². The highest BCUT2D eigenvalue weighted by molar-refractivity contribution is 9.11. The Hall–Kier alpha value is -1.07. The lowest BCUT2D eigenvalue weighted by atomic mass is 10.2. The number of hydrogen-bond donors (Lipinski definition) is 0.